The first kappa shape index (κ1) is 32.5. The molecule has 3 aliphatic heterocycles. The molecule has 7 nitrogen and oxygen atoms in total. The summed E-state index contributed by atoms with van der Waals surface area (Å²) in [5.41, 5.74) is 8.68. The van der Waals surface area contributed by atoms with Gasteiger partial charge in [0.05, 0.1) is 10.7 Å². The second-order valence-corrected chi connectivity index (χ2v) is 13.8. The lowest BCUT2D eigenvalue weighted by Crippen LogP contribution is -2.54. The first-order valence-electron chi connectivity index (χ1n) is 17.3. The van der Waals surface area contributed by atoms with Gasteiger partial charge in [0.2, 0.25) is 0 Å². The SMILES string of the molecule is Cc1ccc(COc2ccc(/C=C3\C(=O)NC(=O)N(c4cc5c6c(c4)[C@@H](c4ccccc4)CCN6CC[C@@H]5c4ccccc4)C3=O)cc2Cl)cc1. The number of carbonyl (C=O) groups excluding carboxylic acids is 3. The van der Waals surface area contributed by atoms with Gasteiger partial charge in [-0.25, -0.2) is 9.69 Å². The second-order valence-electron chi connectivity index (χ2n) is 13.4. The molecule has 3 aliphatic rings. The molecule has 0 radical (unpaired) electrons. The molecule has 8 heteroatoms. The van der Waals surface area contributed by atoms with E-state index in [1.165, 1.54) is 22.9 Å². The molecule has 254 valence electrons. The highest BCUT2D eigenvalue weighted by atomic mass is 35.5. The molecule has 0 saturated carbocycles. The van der Waals surface area contributed by atoms with Crippen molar-refractivity contribution in [3.8, 4) is 5.75 Å². The predicted molar refractivity (Wildman–Crippen MR) is 200 cm³/mol. The van der Waals surface area contributed by atoms with E-state index in [0.29, 0.717) is 28.6 Å². The minimum atomic E-state index is -0.775. The number of nitrogens with one attached hydrogen (secondary N) is 1. The largest absolute Gasteiger partial charge is 0.487 e. The normalized spacial score (nSPS) is 19.2. The maximum absolute atomic E-state index is 14.2. The number of benzene rings is 5. The summed E-state index contributed by atoms with van der Waals surface area (Å²) in [6.45, 7) is 4.21. The highest BCUT2D eigenvalue weighted by molar-refractivity contribution is 6.39. The Morgan fingerprint density at radius 2 is 1.39 bits per heavy atom. The summed E-state index contributed by atoms with van der Waals surface area (Å²) in [6, 6.07) is 37.1. The van der Waals surface area contributed by atoms with Gasteiger partial charge in [0.15, 0.2) is 0 Å². The van der Waals surface area contributed by atoms with Crippen molar-refractivity contribution in [3.63, 3.8) is 0 Å². The number of nitrogens with zero attached hydrogens (tertiary/aromatic N) is 2. The van der Waals surface area contributed by atoms with Crippen LogP contribution in [0.1, 0.15) is 63.6 Å². The van der Waals surface area contributed by atoms with Crippen LogP contribution < -0.4 is 19.9 Å². The zero-order valence-corrected chi connectivity index (χ0v) is 28.9. The molecule has 1 N–H and O–H groups in total. The molecule has 0 aliphatic carbocycles. The van der Waals surface area contributed by atoms with E-state index in [4.69, 9.17) is 16.3 Å². The quantitative estimate of drug-likeness (QED) is 0.136. The third kappa shape index (κ3) is 6.30. The summed E-state index contributed by atoms with van der Waals surface area (Å²) < 4.78 is 5.94. The van der Waals surface area contributed by atoms with Crippen LogP contribution in [0.15, 0.2) is 121 Å². The molecule has 0 bridgehead atoms. The number of aryl methyl sites for hydroxylation is 1. The molecule has 3 heterocycles. The van der Waals surface area contributed by atoms with Crippen molar-refractivity contribution in [3.05, 3.63) is 165 Å². The average Bonchev–Trinajstić information content (AvgIpc) is 3.14. The molecule has 5 aromatic carbocycles. The van der Waals surface area contributed by atoms with Crippen LogP contribution in [0.25, 0.3) is 6.08 Å². The van der Waals surface area contributed by atoms with Crippen molar-refractivity contribution in [1.29, 1.82) is 0 Å². The molecular weight excluding hydrogens is 658 g/mol. The van der Waals surface area contributed by atoms with Gasteiger partial charge in [0, 0.05) is 30.6 Å². The number of halogens is 1. The van der Waals surface area contributed by atoms with Crippen LogP contribution in [-0.4, -0.2) is 30.9 Å². The van der Waals surface area contributed by atoms with Gasteiger partial charge in [-0.05, 0) is 83.5 Å². The molecule has 1 saturated heterocycles. The molecule has 0 aromatic heterocycles. The Hall–Kier alpha value is -5.66. The molecule has 2 atom stereocenters. The summed E-state index contributed by atoms with van der Waals surface area (Å²) in [6.07, 6.45) is 3.28. The number of carbonyl (C=O) groups is 3. The van der Waals surface area contributed by atoms with E-state index >= 15 is 0 Å². The van der Waals surface area contributed by atoms with Gasteiger partial charge in [-0.2, -0.15) is 0 Å². The number of imide groups is 2. The van der Waals surface area contributed by atoms with Gasteiger partial charge in [0.25, 0.3) is 11.8 Å². The summed E-state index contributed by atoms with van der Waals surface area (Å²) in [7, 11) is 0. The van der Waals surface area contributed by atoms with E-state index in [1.807, 2.05) is 79.7 Å². The Labute approximate surface area is 302 Å². The number of hydrogen-bond acceptors (Lipinski definition) is 5. The summed E-state index contributed by atoms with van der Waals surface area (Å²) in [5.74, 6) is -0.804. The summed E-state index contributed by atoms with van der Waals surface area (Å²) in [5, 5.41) is 2.75. The van der Waals surface area contributed by atoms with Crippen LogP contribution in [0.3, 0.4) is 0 Å². The van der Waals surface area contributed by atoms with E-state index in [0.717, 1.165) is 53.1 Å². The van der Waals surface area contributed by atoms with Crippen LogP contribution in [-0.2, 0) is 16.2 Å². The number of ether oxygens (including phenoxy) is 1. The smallest absolute Gasteiger partial charge is 0.335 e. The van der Waals surface area contributed by atoms with Gasteiger partial charge < -0.3 is 9.64 Å². The van der Waals surface area contributed by atoms with Crippen LogP contribution in [0.5, 0.6) is 5.75 Å². The van der Waals surface area contributed by atoms with E-state index in [1.54, 1.807) is 18.2 Å². The maximum Gasteiger partial charge on any atom is 0.335 e. The minimum absolute atomic E-state index is 0.0826. The molecule has 4 amide bonds. The molecule has 51 heavy (non-hydrogen) atoms. The van der Waals surface area contributed by atoms with Gasteiger partial charge in [0.1, 0.15) is 17.9 Å². The van der Waals surface area contributed by atoms with Crippen molar-refractivity contribution in [2.75, 3.05) is 22.9 Å². The van der Waals surface area contributed by atoms with Crippen molar-refractivity contribution < 1.29 is 19.1 Å². The molecular formula is C43H36ClN3O4. The highest BCUT2D eigenvalue weighted by Crippen LogP contribution is 2.50. The van der Waals surface area contributed by atoms with Crippen molar-refractivity contribution in [1.82, 2.24) is 5.32 Å². The third-order valence-electron chi connectivity index (χ3n) is 10.1. The van der Waals surface area contributed by atoms with Gasteiger partial charge in [-0.15, -0.1) is 0 Å². The second kappa shape index (κ2) is 13.6. The van der Waals surface area contributed by atoms with E-state index < -0.39 is 17.8 Å². The van der Waals surface area contributed by atoms with Gasteiger partial charge in [-0.3, -0.25) is 14.9 Å². The maximum atomic E-state index is 14.2. The number of amides is 4. The predicted octanol–water partition coefficient (Wildman–Crippen LogP) is 8.77. The summed E-state index contributed by atoms with van der Waals surface area (Å²) >= 11 is 6.60. The van der Waals surface area contributed by atoms with Crippen LogP contribution in [0.4, 0.5) is 16.2 Å². The van der Waals surface area contributed by atoms with Crippen LogP contribution >= 0.6 is 11.6 Å². The monoisotopic (exact) mass is 693 g/mol. The lowest BCUT2D eigenvalue weighted by molar-refractivity contribution is -0.122. The zero-order valence-electron chi connectivity index (χ0n) is 28.1. The van der Waals surface area contributed by atoms with Gasteiger partial charge >= 0.3 is 6.03 Å². The Morgan fingerprint density at radius 3 is 1.98 bits per heavy atom. The fourth-order valence-corrected chi connectivity index (χ4v) is 7.84. The Kier molecular flexibility index (Phi) is 8.66. The lowest BCUT2D eigenvalue weighted by Gasteiger charge is -2.44. The third-order valence-corrected chi connectivity index (χ3v) is 10.4. The number of anilines is 2. The van der Waals surface area contributed by atoms with E-state index in [2.05, 4.69) is 34.5 Å². The Bertz CT molecular complexity index is 2110. The molecule has 0 spiro atoms. The topological polar surface area (TPSA) is 79.0 Å². The fourth-order valence-electron chi connectivity index (χ4n) is 7.60. The number of hydrogen-bond donors (Lipinski definition) is 1. The first-order valence-corrected chi connectivity index (χ1v) is 17.6. The van der Waals surface area contributed by atoms with Crippen molar-refractivity contribution in [2.24, 2.45) is 0 Å². The van der Waals surface area contributed by atoms with Crippen molar-refractivity contribution >= 4 is 46.9 Å². The summed E-state index contributed by atoms with van der Waals surface area (Å²) in [4.78, 5) is 44.6. The Morgan fingerprint density at radius 1 is 0.784 bits per heavy atom. The highest BCUT2D eigenvalue weighted by Gasteiger charge is 2.40. The Balaban J connectivity index is 1.16. The fraction of sp³-hybridized carbons (Fsp3) is 0.186. The number of rotatable bonds is 7. The van der Waals surface area contributed by atoms with Crippen molar-refractivity contribution in [2.45, 2.75) is 38.2 Å². The molecule has 1 fully saturated rings. The standard InChI is InChI=1S/C43H36ClN3O4/c1-27-12-14-28(15-13-27)26-51-39-17-16-29(23-38(39)44)22-37-41(48)45-43(50)47(42(37)49)32-24-35-33(30-8-4-2-5-9-30)18-20-46-21-19-34(36(25-32)40(35)46)31-10-6-3-7-11-31/h2-17,22-25,33-34H,18-21,26H2,1H3,(H,45,48,50)/b37-22+/t33-,34-/m1/s1. The van der Waals surface area contributed by atoms with E-state index in [-0.39, 0.29) is 17.4 Å². The first-order chi connectivity index (χ1) is 24.8. The molecule has 8 rings (SSSR count). The molecule has 0 unspecified atom stereocenters. The van der Waals surface area contributed by atoms with Crippen LogP contribution in [0, 0.1) is 6.92 Å². The lowest BCUT2D eigenvalue weighted by atomic mass is 9.76. The number of barbiturate groups is 1. The van der Waals surface area contributed by atoms with Crippen LogP contribution in [0.2, 0.25) is 5.02 Å². The molecule has 5 aromatic rings. The number of urea groups is 1. The average molecular weight is 694 g/mol. The van der Waals surface area contributed by atoms with E-state index in [9.17, 15) is 14.4 Å². The minimum Gasteiger partial charge on any atom is -0.487 e. The van der Waals surface area contributed by atoms with Gasteiger partial charge in [-0.1, -0.05) is 108 Å². The zero-order chi connectivity index (χ0) is 35.1.